The van der Waals surface area contributed by atoms with E-state index in [1.54, 1.807) is 18.2 Å². The Morgan fingerprint density at radius 3 is 2.79 bits per heavy atom. The lowest BCUT2D eigenvalue weighted by Crippen LogP contribution is -2.13. The lowest BCUT2D eigenvalue weighted by Gasteiger charge is -2.09. The Kier molecular flexibility index (Phi) is 3.97. The Hall–Kier alpha value is -2.14. The Labute approximate surface area is 114 Å². The van der Waals surface area contributed by atoms with E-state index < -0.39 is 5.95 Å². The van der Waals surface area contributed by atoms with E-state index in [2.05, 4.69) is 10.3 Å². The number of hydrogen-bond donors (Lipinski definition) is 1. The molecule has 0 saturated carbocycles. The number of aromatic nitrogens is 1. The van der Waals surface area contributed by atoms with Crippen LogP contribution in [0.25, 0.3) is 0 Å². The Balaban J connectivity index is 2.22. The van der Waals surface area contributed by atoms with Crippen LogP contribution in [0.5, 0.6) is 5.75 Å². The summed E-state index contributed by atoms with van der Waals surface area (Å²) in [6, 6.07) is 7.26. The fourth-order valence-electron chi connectivity index (χ4n) is 1.50. The van der Waals surface area contributed by atoms with Crippen LogP contribution >= 0.6 is 11.6 Å². The minimum atomic E-state index is -0.609. The van der Waals surface area contributed by atoms with Crippen LogP contribution in [-0.2, 0) is 0 Å². The first-order valence-electron chi connectivity index (χ1n) is 5.36. The third kappa shape index (κ3) is 3.20. The number of carbonyl (C=O) groups is 1. The van der Waals surface area contributed by atoms with Gasteiger partial charge in [0.15, 0.2) is 0 Å². The van der Waals surface area contributed by atoms with Crippen molar-refractivity contribution >= 4 is 23.2 Å². The van der Waals surface area contributed by atoms with Crippen molar-refractivity contribution in [2.24, 2.45) is 0 Å². The highest BCUT2D eigenvalue weighted by Crippen LogP contribution is 2.24. The molecular weight excluding hydrogens is 271 g/mol. The fraction of sp³-hybridized carbons (Fsp3) is 0.0769. The highest BCUT2D eigenvalue weighted by atomic mass is 35.5. The van der Waals surface area contributed by atoms with Crippen LogP contribution in [0.1, 0.15) is 10.4 Å². The van der Waals surface area contributed by atoms with Crippen LogP contribution in [-0.4, -0.2) is 18.0 Å². The van der Waals surface area contributed by atoms with Crippen molar-refractivity contribution in [1.29, 1.82) is 0 Å². The Morgan fingerprint density at radius 2 is 2.16 bits per heavy atom. The van der Waals surface area contributed by atoms with Crippen molar-refractivity contribution in [3.63, 3.8) is 0 Å². The van der Waals surface area contributed by atoms with Crippen LogP contribution in [0.2, 0.25) is 5.02 Å². The topological polar surface area (TPSA) is 51.2 Å². The van der Waals surface area contributed by atoms with Gasteiger partial charge < -0.3 is 10.1 Å². The highest BCUT2D eigenvalue weighted by molar-refractivity contribution is 6.31. The minimum absolute atomic E-state index is 0.330. The summed E-state index contributed by atoms with van der Waals surface area (Å²) in [7, 11) is 1.45. The molecule has 1 N–H and O–H groups in total. The number of nitrogens with one attached hydrogen (secondary N) is 1. The number of pyridine rings is 1. The summed E-state index contributed by atoms with van der Waals surface area (Å²) in [6.07, 6.45) is 1.23. The summed E-state index contributed by atoms with van der Waals surface area (Å²) in [5, 5.41) is 3.06. The highest BCUT2D eigenvalue weighted by Gasteiger charge is 2.13. The lowest BCUT2D eigenvalue weighted by atomic mass is 10.2. The van der Waals surface area contributed by atoms with Crippen molar-refractivity contribution in [3.8, 4) is 5.75 Å². The molecule has 0 bridgehead atoms. The minimum Gasteiger partial charge on any atom is -0.496 e. The summed E-state index contributed by atoms with van der Waals surface area (Å²) in [5.74, 6) is -0.635. The molecule has 1 aromatic heterocycles. The molecule has 19 heavy (non-hydrogen) atoms. The Bertz CT molecular complexity index is 602. The van der Waals surface area contributed by atoms with Gasteiger partial charge in [0.05, 0.1) is 24.6 Å². The summed E-state index contributed by atoms with van der Waals surface area (Å²) in [6.45, 7) is 0. The van der Waals surface area contributed by atoms with Gasteiger partial charge in [-0.1, -0.05) is 11.6 Å². The molecule has 1 heterocycles. The van der Waals surface area contributed by atoms with Gasteiger partial charge in [0.2, 0.25) is 5.95 Å². The normalized spacial score (nSPS) is 10.1. The fourth-order valence-corrected chi connectivity index (χ4v) is 1.66. The second kappa shape index (κ2) is 5.67. The number of carbonyl (C=O) groups excluding carboxylic acids is 1. The number of halogens is 2. The molecular formula is C13H10ClFN2O2. The van der Waals surface area contributed by atoms with Gasteiger partial charge in [0.1, 0.15) is 5.75 Å². The summed E-state index contributed by atoms with van der Waals surface area (Å²) in [4.78, 5) is 15.5. The van der Waals surface area contributed by atoms with E-state index in [9.17, 15) is 9.18 Å². The molecule has 0 aliphatic heterocycles. The third-order valence-corrected chi connectivity index (χ3v) is 2.63. The van der Waals surface area contributed by atoms with Gasteiger partial charge in [-0.3, -0.25) is 4.79 Å². The summed E-state index contributed by atoms with van der Waals surface area (Å²) in [5.41, 5.74) is 0.722. The first-order chi connectivity index (χ1) is 9.10. The first kappa shape index (κ1) is 13.3. The monoisotopic (exact) mass is 280 g/mol. The number of hydrogen-bond acceptors (Lipinski definition) is 3. The number of ether oxygens (including phenoxy) is 1. The van der Waals surface area contributed by atoms with Crippen LogP contribution < -0.4 is 10.1 Å². The summed E-state index contributed by atoms with van der Waals surface area (Å²) >= 11 is 5.81. The molecule has 1 aromatic carbocycles. The number of methoxy groups -OCH3 is 1. The van der Waals surface area contributed by atoms with E-state index in [1.807, 2.05) is 0 Å². The molecule has 98 valence electrons. The quantitative estimate of drug-likeness (QED) is 0.879. The number of amides is 1. The maximum Gasteiger partial charge on any atom is 0.259 e. The average molecular weight is 281 g/mol. The second-order valence-electron chi connectivity index (χ2n) is 3.67. The standard InChI is InChI=1S/C13H10ClFN2O2/c1-19-11-6-8(14)2-4-10(11)13(18)17-9-3-5-12(15)16-7-9/h2-7H,1H3,(H,17,18). The Morgan fingerprint density at radius 1 is 1.37 bits per heavy atom. The zero-order valence-electron chi connectivity index (χ0n) is 9.98. The van der Waals surface area contributed by atoms with Gasteiger partial charge in [-0.05, 0) is 30.3 Å². The third-order valence-electron chi connectivity index (χ3n) is 2.39. The molecule has 0 unspecified atom stereocenters. The van der Waals surface area contributed by atoms with Crippen molar-refractivity contribution in [1.82, 2.24) is 4.98 Å². The van der Waals surface area contributed by atoms with Gasteiger partial charge in [0.25, 0.3) is 5.91 Å². The van der Waals surface area contributed by atoms with Gasteiger partial charge in [-0.15, -0.1) is 0 Å². The molecule has 0 saturated heterocycles. The molecule has 0 fully saturated rings. The maximum atomic E-state index is 12.7. The molecule has 0 radical (unpaired) electrons. The second-order valence-corrected chi connectivity index (χ2v) is 4.10. The molecule has 6 heteroatoms. The average Bonchev–Trinajstić information content (AvgIpc) is 2.41. The van der Waals surface area contributed by atoms with Crippen LogP contribution in [0.3, 0.4) is 0 Å². The molecule has 1 amide bonds. The van der Waals surface area contributed by atoms with Gasteiger partial charge in [0, 0.05) is 5.02 Å². The van der Waals surface area contributed by atoms with Crippen molar-refractivity contribution in [3.05, 3.63) is 53.1 Å². The lowest BCUT2D eigenvalue weighted by molar-refractivity contribution is 0.102. The van der Waals surface area contributed by atoms with E-state index in [0.29, 0.717) is 22.0 Å². The maximum absolute atomic E-state index is 12.7. The van der Waals surface area contributed by atoms with Crippen molar-refractivity contribution in [2.45, 2.75) is 0 Å². The van der Waals surface area contributed by atoms with E-state index in [4.69, 9.17) is 16.3 Å². The van der Waals surface area contributed by atoms with Crippen LogP contribution in [0, 0.1) is 5.95 Å². The van der Waals surface area contributed by atoms with Crippen molar-refractivity contribution < 1.29 is 13.9 Å². The molecule has 4 nitrogen and oxygen atoms in total. The van der Waals surface area contributed by atoms with E-state index in [0.717, 1.165) is 6.07 Å². The smallest absolute Gasteiger partial charge is 0.259 e. The predicted molar refractivity (Wildman–Crippen MR) is 70.2 cm³/mol. The van der Waals surface area contributed by atoms with Crippen molar-refractivity contribution in [2.75, 3.05) is 12.4 Å². The zero-order valence-corrected chi connectivity index (χ0v) is 10.7. The van der Waals surface area contributed by atoms with Crippen LogP contribution in [0.15, 0.2) is 36.5 Å². The van der Waals surface area contributed by atoms with Gasteiger partial charge in [-0.25, -0.2) is 4.98 Å². The number of benzene rings is 1. The van der Waals surface area contributed by atoms with E-state index in [1.165, 1.54) is 19.4 Å². The molecule has 0 aliphatic carbocycles. The molecule has 0 spiro atoms. The molecule has 0 atom stereocenters. The summed E-state index contributed by atoms with van der Waals surface area (Å²) < 4.78 is 17.7. The van der Waals surface area contributed by atoms with E-state index >= 15 is 0 Å². The molecule has 2 aromatic rings. The number of nitrogens with zero attached hydrogens (tertiary/aromatic N) is 1. The largest absolute Gasteiger partial charge is 0.496 e. The first-order valence-corrected chi connectivity index (χ1v) is 5.74. The molecule has 2 rings (SSSR count). The SMILES string of the molecule is COc1cc(Cl)ccc1C(=O)Nc1ccc(F)nc1. The molecule has 0 aliphatic rings. The van der Waals surface area contributed by atoms with Crippen LogP contribution in [0.4, 0.5) is 10.1 Å². The number of rotatable bonds is 3. The zero-order chi connectivity index (χ0) is 13.8. The number of anilines is 1. The van der Waals surface area contributed by atoms with Gasteiger partial charge in [-0.2, -0.15) is 4.39 Å². The van der Waals surface area contributed by atoms with E-state index in [-0.39, 0.29) is 5.91 Å². The van der Waals surface area contributed by atoms with Gasteiger partial charge >= 0.3 is 0 Å². The predicted octanol–water partition coefficient (Wildman–Crippen LogP) is 3.14.